The number of hydrogen-bond acceptors (Lipinski definition) is 4. The summed E-state index contributed by atoms with van der Waals surface area (Å²) in [6, 6.07) is 22.8. The van der Waals surface area contributed by atoms with Crippen LogP contribution < -0.4 is 15.5 Å². The number of carbonyl (C=O) groups excluding carboxylic acids is 2. The highest BCUT2D eigenvalue weighted by Gasteiger charge is 2.08. The van der Waals surface area contributed by atoms with Crippen molar-refractivity contribution in [1.82, 2.24) is 5.43 Å². The molecular weight excluding hydrogens is 354 g/mol. The monoisotopic (exact) mass is 373 g/mol. The predicted molar refractivity (Wildman–Crippen MR) is 109 cm³/mol. The second-order valence-electron chi connectivity index (χ2n) is 5.87. The molecule has 28 heavy (non-hydrogen) atoms. The van der Waals surface area contributed by atoms with Gasteiger partial charge in [-0.3, -0.25) is 9.59 Å². The molecule has 0 aliphatic heterocycles. The molecular formula is C22H19N3O3. The van der Waals surface area contributed by atoms with Crippen molar-refractivity contribution in [2.24, 2.45) is 5.10 Å². The summed E-state index contributed by atoms with van der Waals surface area (Å²) in [6.45, 7) is 0. The first-order chi connectivity index (χ1) is 13.7. The normalized spacial score (nSPS) is 10.5. The van der Waals surface area contributed by atoms with Crippen LogP contribution in [0.1, 0.15) is 26.3 Å². The van der Waals surface area contributed by atoms with E-state index in [-0.39, 0.29) is 11.8 Å². The maximum absolute atomic E-state index is 12.3. The molecule has 0 spiro atoms. The average molecular weight is 373 g/mol. The average Bonchev–Trinajstić information content (AvgIpc) is 2.75. The standard InChI is InChI=1S/C22H19N3O3/c1-28-20-13-9-17(10-14-20)21(26)24-19-11-7-18(8-12-19)22(27)25-23-15-16-5-3-2-4-6-16/h2-15H,1H3,(H,24,26)(H,25,27)/b23-15-. The van der Waals surface area contributed by atoms with Crippen LogP contribution >= 0.6 is 0 Å². The molecule has 0 radical (unpaired) electrons. The Morgan fingerprint density at radius 3 is 2.07 bits per heavy atom. The first kappa shape index (κ1) is 18.8. The smallest absolute Gasteiger partial charge is 0.271 e. The maximum atomic E-state index is 12.3. The van der Waals surface area contributed by atoms with E-state index in [1.807, 2.05) is 30.3 Å². The van der Waals surface area contributed by atoms with Crippen LogP contribution in [0.5, 0.6) is 5.75 Å². The minimum absolute atomic E-state index is 0.243. The third kappa shape index (κ3) is 5.04. The van der Waals surface area contributed by atoms with Crippen molar-refractivity contribution in [3.05, 3.63) is 95.6 Å². The summed E-state index contributed by atoms with van der Waals surface area (Å²) in [4.78, 5) is 24.4. The van der Waals surface area contributed by atoms with Gasteiger partial charge in [0.1, 0.15) is 5.75 Å². The fourth-order valence-electron chi connectivity index (χ4n) is 2.42. The highest BCUT2D eigenvalue weighted by atomic mass is 16.5. The van der Waals surface area contributed by atoms with Gasteiger partial charge < -0.3 is 10.1 Å². The molecule has 0 bridgehead atoms. The molecule has 3 rings (SSSR count). The number of nitrogens with one attached hydrogen (secondary N) is 2. The van der Waals surface area contributed by atoms with Crippen LogP contribution in [0.4, 0.5) is 5.69 Å². The van der Waals surface area contributed by atoms with Crippen LogP contribution in [0.3, 0.4) is 0 Å². The Bertz CT molecular complexity index is 966. The molecule has 2 amide bonds. The number of hydrogen-bond donors (Lipinski definition) is 2. The van der Waals surface area contributed by atoms with Gasteiger partial charge in [0.05, 0.1) is 13.3 Å². The number of anilines is 1. The molecule has 0 saturated carbocycles. The van der Waals surface area contributed by atoms with E-state index in [0.717, 1.165) is 5.56 Å². The van der Waals surface area contributed by atoms with Crippen molar-refractivity contribution < 1.29 is 14.3 Å². The Balaban J connectivity index is 1.57. The van der Waals surface area contributed by atoms with Crippen molar-refractivity contribution in [3.8, 4) is 5.75 Å². The van der Waals surface area contributed by atoms with Crippen molar-refractivity contribution in [2.45, 2.75) is 0 Å². The first-order valence-electron chi connectivity index (χ1n) is 8.59. The largest absolute Gasteiger partial charge is 0.497 e. The molecule has 6 heteroatoms. The summed E-state index contributed by atoms with van der Waals surface area (Å²) in [5.41, 5.74) is 4.90. The van der Waals surface area contributed by atoms with E-state index >= 15 is 0 Å². The molecule has 0 saturated heterocycles. The van der Waals surface area contributed by atoms with Gasteiger partial charge in [-0.05, 0) is 54.1 Å². The Labute approximate surface area is 162 Å². The quantitative estimate of drug-likeness (QED) is 0.511. The van der Waals surface area contributed by atoms with E-state index in [9.17, 15) is 9.59 Å². The number of amides is 2. The second-order valence-corrected chi connectivity index (χ2v) is 5.87. The maximum Gasteiger partial charge on any atom is 0.271 e. The minimum atomic E-state index is -0.333. The molecule has 2 N–H and O–H groups in total. The van der Waals surface area contributed by atoms with E-state index < -0.39 is 0 Å². The lowest BCUT2D eigenvalue weighted by Gasteiger charge is -2.07. The lowest BCUT2D eigenvalue weighted by Crippen LogP contribution is -2.17. The van der Waals surface area contributed by atoms with Crippen molar-refractivity contribution in [3.63, 3.8) is 0 Å². The Kier molecular flexibility index (Phi) is 6.15. The zero-order valence-corrected chi connectivity index (χ0v) is 15.3. The minimum Gasteiger partial charge on any atom is -0.497 e. The van der Waals surface area contributed by atoms with Gasteiger partial charge in [-0.2, -0.15) is 5.10 Å². The van der Waals surface area contributed by atoms with E-state index in [2.05, 4.69) is 15.8 Å². The van der Waals surface area contributed by atoms with Crippen molar-refractivity contribution in [1.29, 1.82) is 0 Å². The van der Waals surface area contributed by atoms with E-state index in [1.54, 1.807) is 61.9 Å². The van der Waals surface area contributed by atoms with E-state index in [4.69, 9.17) is 4.74 Å². The number of carbonyl (C=O) groups is 2. The summed E-state index contributed by atoms with van der Waals surface area (Å²) in [6.07, 6.45) is 1.57. The molecule has 3 aromatic carbocycles. The van der Waals surface area contributed by atoms with Crippen LogP contribution in [0, 0.1) is 0 Å². The molecule has 0 atom stereocenters. The molecule has 3 aromatic rings. The molecule has 6 nitrogen and oxygen atoms in total. The van der Waals surface area contributed by atoms with Crippen LogP contribution in [0.25, 0.3) is 0 Å². The van der Waals surface area contributed by atoms with Crippen LogP contribution in [-0.2, 0) is 0 Å². The summed E-state index contributed by atoms with van der Waals surface area (Å²) in [5, 5.41) is 6.72. The zero-order valence-electron chi connectivity index (χ0n) is 15.3. The van der Waals surface area contributed by atoms with E-state index in [1.165, 1.54) is 0 Å². The highest BCUT2D eigenvalue weighted by molar-refractivity contribution is 6.04. The van der Waals surface area contributed by atoms with Gasteiger partial charge in [0, 0.05) is 16.8 Å². The van der Waals surface area contributed by atoms with Gasteiger partial charge in [-0.25, -0.2) is 5.43 Å². The number of benzene rings is 3. The molecule has 0 heterocycles. The molecule has 140 valence electrons. The lowest BCUT2D eigenvalue weighted by atomic mass is 10.1. The number of ether oxygens (including phenoxy) is 1. The molecule has 0 aliphatic rings. The van der Waals surface area contributed by atoms with Gasteiger partial charge in [0.25, 0.3) is 11.8 Å². The third-order valence-electron chi connectivity index (χ3n) is 3.94. The van der Waals surface area contributed by atoms with Crippen molar-refractivity contribution >= 4 is 23.7 Å². The Hall–Kier alpha value is -3.93. The number of hydrazone groups is 1. The van der Waals surface area contributed by atoms with Gasteiger partial charge in [-0.15, -0.1) is 0 Å². The van der Waals surface area contributed by atoms with Gasteiger partial charge in [-0.1, -0.05) is 30.3 Å². The van der Waals surface area contributed by atoms with Crippen LogP contribution in [0.2, 0.25) is 0 Å². The molecule has 0 unspecified atom stereocenters. The number of methoxy groups -OCH3 is 1. The number of nitrogens with zero attached hydrogens (tertiary/aromatic N) is 1. The lowest BCUT2D eigenvalue weighted by molar-refractivity contribution is 0.0954. The Morgan fingerprint density at radius 2 is 1.43 bits per heavy atom. The topological polar surface area (TPSA) is 79.8 Å². The van der Waals surface area contributed by atoms with Gasteiger partial charge in [0.2, 0.25) is 0 Å². The third-order valence-corrected chi connectivity index (χ3v) is 3.94. The summed E-state index contributed by atoms with van der Waals surface area (Å²) in [7, 11) is 1.57. The molecule has 0 fully saturated rings. The molecule has 0 aliphatic carbocycles. The van der Waals surface area contributed by atoms with Crippen LogP contribution in [0.15, 0.2) is 84.0 Å². The summed E-state index contributed by atoms with van der Waals surface area (Å²) in [5.74, 6) is 0.106. The summed E-state index contributed by atoms with van der Waals surface area (Å²) < 4.78 is 5.08. The number of rotatable bonds is 6. The summed E-state index contributed by atoms with van der Waals surface area (Å²) >= 11 is 0. The molecule has 0 aromatic heterocycles. The fraction of sp³-hybridized carbons (Fsp3) is 0.0455. The van der Waals surface area contributed by atoms with Gasteiger partial charge in [0.15, 0.2) is 0 Å². The zero-order chi connectivity index (χ0) is 19.8. The Morgan fingerprint density at radius 1 is 0.821 bits per heavy atom. The second kappa shape index (κ2) is 9.14. The van der Waals surface area contributed by atoms with E-state index in [0.29, 0.717) is 22.6 Å². The predicted octanol–water partition coefficient (Wildman–Crippen LogP) is 3.71. The first-order valence-corrected chi connectivity index (χ1v) is 8.59. The van der Waals surface area contributed by atoms with Crippen molar-refractivity contribution in [2.75, 3.05) is 12.4 Å². The SMILES string of the molecule is COc1ccc(C(=O)Nc2ccc(C(=O)N/N=C\c3ccccc3)cc2)cc1. The van der Waals surface area contributed by atoms with Crippen LogP contribution in [-0.4, -0.2) is 25.1 Å². The van der Waals surface area contributed by atoms with Gasteiger partial charge >= 0.3 is 0 Å². The fourth-order valence-corrected chi connectivity index (χ4v) is 2.42. The highest BCUT2D eigenvalue weighted by Crippen LogP contribution is 2.14.